The SMILES string of the molecule is Cc1c(N=O)cc(CCO)c2ccccc12. The molecular formula is C13H13NO2. The topological polar surface area (TPSA) is 49.7 Å². The summed E-state index contributed by atoms with van der Waals surface area (Å²) in [5.41, 5.74) is 2.33. The summed E-state index contributed by atoms with van der Waals surface area (Å²) >= 11 is 0. The number of fused-ring (bicyclic) bond motifs is 1. The van der Waals surface area contributed by atoms with Crippen LogP contribution in [0.4, 0.5) is 5.69 Å². The van der Waals surface area contributed by atoms with Gasteiger partial charge in [-0.3, -0.25) is 0 Å². The van der Waals surface area contributed by atoms with E-state index in [1.807, 2.05) is 31.2 Å². The minimum Gasteiger partial charge on any atom is -0.396 e. The zero-order valence-electron chi connectivity index (χ0n) is 9.10. The number of benzene rings is 2. The molecule has 0 unspecified atom stereocenters. The molecule has 3 heteroatoms. The van der Waals surface area contributed by atoms with Crippen LogP contribution in [-0.4, -0.2) is 11.7 Å². The fourth-order valence-electron chi connectivity index (χ4n) is 2.00. The van der Waals surface area contributed by atoms with Crippen LogP contribution in [0.25, 0.3) is 10.8 Å². The molecule has 0 aliphatic heterocycles. The number of aryl methyl sites for hydroxylation is 1. The molecule has 0 aliphatic carbocycles. The number of nitrogens with zero attached hydrogens (tertiary/aromatic N) is 1. The largest absolute Gasteiger partial charge is 0.396 e. The van der Waals surface area contributed by atoms with Crippen molar-refractivity contribution in [2.45, 2.75) is 13.3 Å². The average molecular weight is 215 g/mol. The van der Waals surface area contributed by atoms with Crippen molar-refractivity contribution >= 4 is 16.5 Å². The minimum atomic E-state index is 0.0748. The number of aliphatic hydroxyl groups excluding tert-OH is 1. The molecular weight excluding hydrogens is 202 g/mol. The van der Waals surface area contributed by atoms with Gasteiger partial charge in [0.15, 0.2) is 0 Å². The summed E-state index contributed by atoms with van der Waals surface area (Å²) in [6.07, 6.45) is 0.545. The molecule has 0 fully saturated rings. The lowest BCUT2D eigenvalue weighted by Gasteiger charge is -2.09. The fourth-order valence-corrected chi connectivity index (χ4v) is 2.00. The predicted molar refractivity (Wildman–Crippen MR) is 64.9 cm³/mol. The Balaban J connectivity index is 2.78. The number of aliphatic hydroxyl groups is 1. The Kier molecular flexibility index (Phi) is 2.97. The van der Waals surface area contributed by atoms with Crippen LogP contribution in [0.3, 0.4) is 0 Å². The summed E-state index contributed by atoms with van der Waals surface area (Å²) < 4.78 is 0. The van der Waals surface area contributed by atoms with Crippen molar-refractivity contribution in [1.82, 2.24) is 0 Å². The summed E-state index contributed by atoms with van der Waals surface area (Å²) in [6, 6.07) is 9.63. The van der Waals surface area contributed by atoms with Gasteiger partial charge in [-0.15, -0.1) is 4.91 Å². The van der Waals surface area contributed by atoms with Crippen LogP contribution in [0.2, 0.25) is 0 Å². The van der Waals surface area contributed by atoms with Crippen molar-refractivity contribution < 1.29 is 5.11 Å². The smallest absolute Gasteiger partial charge is 0.111 e. The highest BCUT2D eigenvalue weighted by atomic mass is 16.3. The molecule has 2 aromatic carbocycles. The monoisotopic (exact) mass is 215 g/mol. The lowest BCUT2D eigenvalue weighted by atomic mass is 9.97. The third-order valence-corrected chi connectivity index (χ3v) is 2.85. The van der Waals surface area contributed by atoms with Crippen LogP contribution in [0.15, 0.2) is 35.5 Å². The summed E-state index contributed by atoms with van der Waals surface area (Å²) in [6.45, 7) is 1.97. The van der Waals surface area contributed by atoms with E-state index in [0.717, 1.165) is 21.9 Å². The maximum Gasteiger partial charge on any atom is 0.111 e. The molecule has 0 heterocycles. The Labute approximate surface area is 93.7 Å². The van der Waals surface area contributed by atoms with Crippen LogP contribution in [0.5, 0.6) is 0 Å². The second-order valence-electron chi connectivity index (χ2n) is 3.79. The minimum absolute atomic E-state index is 0.0748. The van der Waals surface area contributed by atoms with Crippen LogP contribution in [-0.2, 0) is 6.42 Å². The molecule has 0 amide bonds. The second kappa shape index (κ2) is 4.41. The van der Waals surface area contributed by atoms with Gasteiger partial charge in [-0.1, -0.05) is 24.3 Å². The van der Waals surface area contributed by atoms with E-state index in [1.165, 1.54) is 0 Å². The molecule has 2 aromatic rings. The lowest BCUT2D eigenvalue weighted by Crippen LogP contribution is -1.93. The zero-order valence-corrected chi connectivity index (χ0v) is 9.10. The molecule has 0 bridgehead atoms. The first-order valence-corrected chi connectivity index (χ1v) is 5.23. The molecule has 1 N–H and O–H groups in total. The Morgan fingerprint density at radius 2 is 1.94 bits per heavy atom. The Morgan fingerprint density at radius 1 is 1.25 bits per heavy atom. The van der Waals surface area contributed by atoms with Gasteiger partial charge in [-0.05, 0) is 46.5 Å². The van der Waals surface area contributed by atoms with Crippen LogP contribution in [0.1, 0.15) is 11.1 Å². The first-order valence-electron chi connectivity index (χ1n) is 5.23. The van der Waals surface area contributed by atoms with Crippen molar-refractivity contribution in [1.29, 1.82) is 0 Å². The molecule has 0 aromatic heterocycles. The summed E-state index contributed by atoms with van der Waals surface area (Å²) in [5, 5.41) is 14.2. The molecule has 2 rings (SSSR count). The molecule has 82 valence electrons. The number of hydrogen-bond acceptors (Lipinski definition) is 3. The standard InChI is InChI=1S/C13H13NO2/c1-9-11-4-2-3-5-12(11)10(6-7-15)8-13(9)14-16/h2-5,8,15H,6-7H2,1H3. The predicted octanol–water partition coefficient (Wildman–Crippen LogP) is 3.08. The van der Waals surface area contributed by atoms with Gasteiger partial charge >= 0.3 is 0 Å². The van der Waals surface area contributed by atoms with Crippen LogP contribution in [0, 0.1) is 11.8 Å². The molecule has 16 heavy (non-hydrogen) atoms. The van der Waals surface area contributed by atoms with Gasteiger partial charge in [0.05, 0.1) is 0 Å². The van der Waals surface area contributed by atoms with E-state index in [0.29, 0.717) is 12.1 Å². The molecule has 0 radical (unpaired) electrons. The number of rotatable bonds is 3. The molecule has 0 saturated heterocycles. The van der Waals surface area contributed by atoms with Gasteiger partial charge in [0.1, 0.15) is 5.69 Å². The summed E-state index contributed by atoms with van der Waals surface area (Å²) in [4.78, 5) is 10.7. The van der Waals surface area contributed by atoms with E-state index in [9.17, 15) is 4.91 Å². The van der Waals surface area contributed by atoms with Gasteiger partial charge in [-0.25, -0.2) is 0 Å². The molecule has 0 atom stereocenters. The Morgan fingerprint density at radius 3 is 2.56 bits per heavy atom. The maximum absolute atomic E-state index is 10.7. The lowest BCUT2D eigenvalue weighted by molar-refractivity contribution is 0.300. The van der Waals surface area contributed by atoms with Gasteiger partial charge < -0.3 is 5.11 Å². The Bertz CT molecular complexity index is 535. The summed E-state index contributed by atoms with van der Waals surface area (Å²) in [5.74, 6) is 0. The van der Waals surface area contributed by atoms with E-state index in [1.54, 1.807) is 6.07 Å². The third-order valence-electron chi connectivity index (χ3n) is 2.85. The van der Waals surface area contributed by atoms with E-state index in [-0.39, 0.29) is 6.61 Å². The molecule has 0 saturated carbocycles. The van der Waals surface area contributed by atoms with Crippen molar-refractivity contribution in [2.24, 2.45) is 5.18 Å². The van der Waals surface area contributed by atoms with E-state index >= 15 is 0 Å². The summed E-state index contributed by atoms with van der Waals surface area (Å²) in [7, 11) is 0. The zero-order chi connectivity index (χ0) is 11.5. The Hall–Kier alpha value is -1.74. The van der Waals surface area contributed by atoms with Crippen molar-refractivity contribution in [2.75, 3.05) is 6.61 Å². The van der Waals surface area contributed by atoms with Crippen molar-refractivity contribution in [3.63, 3.8) is 0 Å². The van der Waals surface area contributed by atoms with Crippen LogP contribution >= 0.6 is 0 Å². The van der Waals surface area contributed by atoms with E-state index in [4.69, 9.17) is 5.11 Å². The van der Waals surface area contributed by atoms with Gasteiger partial charge in [0, 0.05) is 6.61 Å². The van der Waals surface area contributed by atoms with E-state index < -0.39 is 0 Å². The molecule has 3 nitrogen and oxygen atoms in total. The first-order chi connectivity index (χ1) is 7.77. The molecule has 0 spiro atoms. The van der Waals surface area contributed by atoms with Gasteiger partial charge in [0.25, 0.3) is 0 Å². The van der Waals surface area contributed by atoms with Gasteiger partial charge in [0.2, 0.25) is 0 Å². The average Bonchev–Trinajstić information content (AvgIpc) is 2.33. The quantitative estimate of drug-likeness (QED) is 0.800. The van der Waals surface area contributed by atoms with Gasteiger partial charge in [-0.2, -0.15) is 0 Å². The highest BCUT2D eigenvalue weighted by Crippen LogP contribution is 2.30. The van der Waals surface area contributed by atoms with Crippen molar-refractivity contribution in [3.8, 4) is 0 Å². The normalized spacial score (nSPS) is 10.6. The van der Waals surface area contributed by atoms with E-state index in [2.05, 4.69) is 5.18 Å². The number of nitroso groups, excluding NO2 is 1. The first kappa shape index (κ1) is 10.8. The second-order valence-corrected chi connectivity index (χ2v) is 3.79. The third kappa shape index (κ3) is 1.70. The fraction of sp³-hybridized carbons (Fsp3) is 0.231. The van der Waals surface area contributed by atoms with Crippen molar-refractivity contribution in [3.05, 3.63) is 46.4 Å². The number of hydrogen-bond donors (Lipinski definition) is 1. The molecule has 0 aliphatic rings. The maximum atomic E-state index is 10.7. The highest BCUT2D eigenvalue weighted by molar-refractivity contribution is 5.92. The highest BCUT2D eigenvalue weighted by Gasteiger charge is 2.08. The van der Waals surface area contributed by atoms with Crippen LogP contribution < -0.4 is 0 Å².